The Kier molecular flexibility index (Phi) is 7.68. The second-order valence-electron chi connectivity index (χ2n) is 8.22. The molecule has 1 aliphatic carbocycles. The molecule has 4 atom stereocenters. The van der Waals surface area contributed by atoms with Crippen molar-refractivity contribution in [2.24, 2.45) is 34.4 Å². The van der Waals surface area contributed by atoms with Gasteiger partial charge in [-0.3, -0.25) is 0 Å². The van der Waals surface area contributed by atoms with Gasteiger partial charge in [0, 0.05) is 6.42 Å². The summed E-state index contributed by atoms with van der Waals surface area (Å²) in [5.74, 6) is 7.19. The molecule has 1 aromatic carbocycles. The molecule has 0 amide bonds. The van der Waals surface area contributed by atoms with E-state index in [1.807, 2.05) is 0 Å². The van der Waals surface area contributed by atoms with Crippen LogP contribution >= 0.6 is 0 Å². The van der Waals surface area contributed by atoms with Gasteiger partial charge in [0.2, 0.25) is 0 Å². The molecule has 30 heavy (non-hydrogen) atoms. The molecule has 8 nitrogen and oxygen atoms in total. The number of hydrogen-bond donors (Lipinski definition) is 3. The summed E-state index contributed by atoms with van der Waals surface area (Å²) in [6, 6.07) is 6.14. The monoisotopic (exact) mass is 416 g/mol. The van der Waals surface area contributed by atoms with Crippen molar-refractivity contribution in [3.8, 4) is 5.75 Å². The standard InChI is InChI=1S/C22H32N4O4/c1-2-29-21(27)15-6-8-18(9-7-15)30-22(28)19-12-17-11-14(4-10-20(23)26-24)3-5-16(17)13-25-19/h6-9,14,16-17,19,25H,2-5,10-13,24H2,1H3,(H2,23,26). The molecule has 1 saturated heterocycles. The molecule has 0 bridgehead atoms. The van der Waals surface area contributed by atoms with Crippen molar-refractivity contribution in [1.82, 2.24) is 5.32 Å². The normalized spacial score (nSPS) is 26.5. The maximum atomic E-state index is 12.7. The molecule has 1 aromatic rings. The van der Waals surface area contributed by atoms with Crippen LogP contribution in [0.15, 0.2) is 29.4 Å². The Morgan fingerprint density at radius 2 is 1.93 bits per heavy atom. The lowest BCUT2D eigenvalue weighted by atomic mass is 9.69. The Morgan fingerprint density at radius 1 is 1.17 bits per heavy atom. The number of hydrazone groups is 1. The fraction of sp³-hybridized carbons (Fsp3) is 0.591. The van der Waals surface area contributed by atoms with Crippen molar-refractivity contribution in [3.63, 3.8) is 0 Å². The first-order chi connectivity index (χ1) is 14.5. The van der Waals surface area contributed by atoms with E-state index in [-0.39, 0.29) is 18.0 Å². The summed E-state index contributed by atoms with van der Waals surface area (Å²) >= 11 is 0. The zero-order valence-corrected chi connectivity index (χ0v) is 17.5. The molecule has 1 saturated carbocycles. The van der Waals surface area contributed by atoms with Crippen LogP contribution in [0.3, 0.4) is 0 Å². The molecule has 1 heterocycles. The lowest BCUT2D eigenvalue weighted by molar-refractivity contribution is -0.138. The molecule has 0 aromatic heterocycles. The van der Waals surface area contributed by atoms with Crippen LogP contribution in [0.2, 0.25) is 0 Å². The van der Waals surface area contributed by atoms with Gasteiger partial charge in [0.1, 0.15) is 17.6 Å². The Balaban J connectivity index is 1.52. The van der Waals surface area contributed by atoms with Gasteiger partial charge >= 0.3 is 11.9 Å². The molecule has 3 rings (SSSR count). The predicted molar refractivity (Wildman–Crippen MR) is 114 cm³/mol. The molecule has 4 unspecified atom stereocenters. The van der Waals surface area contributed by atoms with Gasteiger partial charge in [-0.15, -0.1) is 0 Å². The van der Waals surface area contributed by atoms with E-state index in [0.717, 1.165) is 32.2 Å². The van der Waals surface area contributed by atoms with Gasteiger partial charge in [0.05, 0.1) is 12.2 Å². The van der Waals surface area contributed by atoms with Gasteiger partial charge in [-0.05, 0) is 81.2 Å². The lowest BCUT2D eigenvalue weighted by Gasteiger charge is -2.42. The first kappa shape index (κ1) is 22.1. The van der Waals surface area contributed by atoms with Gasteiger partial charge < -0.3 is 26.4 Å². The number of carbonyl (C=O) groups excluding carboxylic acids is 2. The Morgan fingerprint density at radius 3 is 2.63 bits per heavy atom. The first-order valence-electron chi connectivity index (χ1n) is 10.7. The fourth-order valence-corrected chi connectivity index (χ4v) is 4.58. The van der Waals surface area contributed by atoms with Crippen LogP contribution in [0, 0.1) is 17.8 Å². The highest BCUT2D eigenvalue weighted by Gasteiger charge is 2.38. The van der Waals surface area contributed by atoms with Gasteiger partial charge in [-0.1, -0.05) is 6.42 Å². The third-order valence-electron chi connectivity index (χ3n) is 6.26. The van der Waals surface area contributed by atoms with Crippen LogP contribution in [-0.4, -0.2) is 37.0 Å². The molecular weight excluding hydrogens is 384 g/mol. The zero-order chi connectivity index (χ0) is 21.5. The highest BCUT2D eigenvalue weighted by molar-refractivity contribution is 5.89. The van der Waals surface area contributed by atoms with E-state index in [4.69, 9.17) is 21.1 Å². The number of hydrogen-bond acceptors (Lipinski definition) is 7. The van der Waals surface area contributed by atoms with Crippen molar-refractivity contribution >= 4 is 17.8 Å². The van der Waals surface area contributed by atoms with Crippen LogP contribution in [0.5, 0.6) is 5.75 Å². The minimum Gasteiger partial charge on any atom is -0.462 e. The molecular formula is C22H32N4O4. The Bertz CT molecular complexity index is 765. The van der Waals surface area contributed by atoms with Gasteiger partial charge in [-0.2, -0.15) is 5.10 Å². The highest BCUT2D eigenvalue weighted by atomic mass is 16.5. The van der Waals surface area contributed by atoms with Crippen LogP contribution in [0.1, 0.15) is 55.8 Å². The SMILES string of the molecule is CCOC(=O)c1ccc(OC(=O)C2CC3CC(CC/C(N)=N/N)CCC3CN2)cc1. The van der Waals surface area contributed by atoms with Crippen LogP contribution < -0.4 is 21.6 Å². The number of carbonyl (C=O) groups is 2. The van der Waals surface area contributed by atoms with E-state index < -0.39 is 0 Å². The topological polar surface area (TPSA) is 129 Å². The van der Waals surface area contributed by atoms with E-state index in [1.165, 1.54) is 12.8 Å². The maximum absolute atomic E-state index is 12.7. The van der Waals surface area contributed by atoms with Crippen LogP contribution in [-0.2, 0) is 9.53 Å². The quantitative estimate of drug-likeness (QED) is 0.155. The summed E-state index contributed by atoms with van der Waals surface area (Å²) in [5.41, 5.74) is 6.16. The molecule has 164 valence electrons. The number of esters is 2. The zero-order valence-electron chi connectivity index (χ0n) is 17.5. The number of nitrogens with one attached hydrogen (secondary N) is 1. The minimum absolute atomic E-state index is 0.279. The Hall–Kier alpha value is -2.61. The molecule has 2 fully saturated rings. The molecule has 5 N–H and O–H groups in total. The van der Waals surface area contributed by atoms with Gasteiger partial charge in [-0.25, -0.2) is 9.59 Å². The maximum Gasteiger partial charge on any atom is 0.338 e. The summed E-state index contributed by atoms with van der Waals surface area (Å²) in [6.45, 7) is 2.92. The number of nitrogens with two attached hydrogens (primary N) is 2. The summed E-state index contributed by atoms with van der Waals surface area (Å²) in [6.07, 6.45) is 5.94. The van der Waals surface area contributed by atoms with E-state index in [2.05, 4.69) is 10.4 Å². The average molecular weight is 417 g/mol. The fourth-order valence-electron chi connectivity index (χ4n) is 4.58. The smallest absolute Gasteiger partial charge is 0.338 e. The number of fused-ring (bicyclic) bond motifs is 1. The van der Waals surface area contributed by atoms with Crippen molar-refractivity contribution in [2.45, 2.75) is 51.5 Å². The average Bonchev–Trinajstić information content (AvgIpc) is 2.77. The van der Waals surface area contributed by atoms with E-state index in [9.17, 15) is 9.59 Å². The highest BCUT2D eigenvalue weighted by Crippen LogP contribution is 2.40. The molecule has 8 heteroatoms. The first-order valence-corrected chi connectivity index (χ1v) is 10.7. The second-order valence-corrected chi connectivity index (χ2v) is 8.22. The third-order valence-corrected chi connectivity index (χ3v) is 6.26. The molecule has 1 aliphatic heterocycles. The number of nitrogens with zero attached hydrogens (tertiary/aromatic N) is 1. The van der Waals surface area contributed by atoms with Crippen molar-refractivity contribution in [3.05, 3.63) is 29.8 Å². The van der Waals surface area contributed by atoms with Crippen molar-refractivity contribution < 1.29 is 19.1 Å². The molecule has 0 radical (unpaired) electrons. The number of amidine groups is 1. The summed E-state index contributed by atoms with van der Waals surface area (Å²) in [7, 11) is 0. The largest absolute Gasteiger partial charge is 0.462 e. The predicted octanol–water partition coefficient (Wildman–Crippen LogP) is 2.17. The third kappa shape index (κ3) is 5.72. The number of rotatable bonds is 7. The number of ether oxygens (including phenoxy) is 2. The lowest BCUT2D eigenvalue weighted by Crippen LogP contribution is -2.50. The Labute approximate surface area is 177 Å². The van der Waals surface area contributed by atoms with Gasteiger partial charge in [0.25, 0.3) is 0 Å². The number of piperidine rings is 1. The van der Waals surface area contributed by atoms with Crippen LogP contribution in [0.4, 0.5) is 0 Å². The van der Waals surface area contributed by atoms with Crippen LogP contribution in [0.25, 0.3) is 0 Å². The van der Waals surface area contributed by atoms with E-state index in [1.54, 1.807) is 31.2 Å². The molecule has 2 aliphatic rings. The van der Waals surface area contributed by atoms with Crippen molar-refractivity contribution in [2.75, 3.05) is 13.2 Å². The summed E-state index contributed by atoms with van der Waals surface area (Å²) in [4.78, 5) is 24.4. The minimum atomic E-state index is -0.387. The number of benzene rings is 1. The van der Waals surface area contributed by atoms with Gasteiger partial charge in [0.15, 0.2) is 0 Å². The second kappa shape index (κ2) is 10.4. The summed E-state index contributed by atoms with van der Waals surface area (Å²) < 4.78 is 10.5. The van der Waals surface area contributed by atoms with E-state index >= 15 is 0 Å². The summed E-state index contributed by atoms with van der Waals surface area (Å²) in [5, 5.41) is 6.91. The van der Waals surface area contributed by atoms with E-state index in [0.29, 0.717) is 41.5 Å². The van der Waals surface area contributed by atoms with Crippen molar-refractivity contribution in [1.29, 1.82) is 0 Å². The molecule has 0 spiro atoms.